The molecule has 0 aliphatic carbocycles. The summed E-state index contributed by atoms with van der Waals surface area (Å²) in [6.45, 7) is 3.56. The van der Waals surface area contributed by atoms with Gasteiger partial charge in [-0.1, -0.05) is 6.07 Å². The van der Waals surface area contributed by atoms with Gasteiger partial charge in [0.25, 0.3) is 0 Å². The predicted octanol–water partition coefficient (Wildman–Crippen LogP) is 3.59. The Kier molecular flexibility index (Phi) is 5.80. The third kappa shape index (κ3) is 4.75. The second-order valence-corrected chi connectivity index (χ2v) is 5.47. The van der Waals surface area contributed by atoms with E-state index in [9.17, 15) is 4.79 Å². The lowest BCUT2D eigenvalue weighted by molar-refractivity contribution is -0.141. The van der Waals surface area contributed by atoms with Crippen molar-refractivity contribution in [2.45, 2.75) is 19.9 Å². The lowest BCUT2D eigenvalue weighted by Crippen LogP contribution is -2.19. The van der Waals surface area contributed by atoms with Gasteiger partial charge in [0, 0.05) is 12.6 Å². The van der Waals surface area contributed by atoms with Crippen LogP contribution < -0.4 is 10.1 Å². The van der Waals surface area contributed by atoms with Crippen LogP contribution in [0.2, 0.25) is 0 Å². The average molecular weight is 324 g/mol. The minimum absolute atomic E-state index is 0.196. The van der Waals surface area contributed by atoms with Crippen molar-refractivity contribution >= 4 is 11.7 Å². The second-order valence-electron chi connectivity index (χ2n) is 5.47. The van der Waals surface area contributed by atoms with E-state index in [1.165, 1.54) is 6.92 Å². The Labute approximate surface area is 141 Å². The molecule has 24 heavy (non-hydrogen) atoms. The van der Waals surface area contributed by atoms with E-state index in [1.807, 2.05) is 37.3 Å². The highest BCUT2D eigenvalue weighted by Crippen LogP contribution is 2.25. The number of nitrogens with zero attached hydrogens (tertiary/aromatic N) is 1. The van der Waals surface area contributed by atoms with Crippen LogP contribution in [0.25, 0.3) is 0 Å². The fourth-order valence-electron chi connectivity index (χ4n) is 2.36. The molecule has 0 fully saturated rings. The van der Waals surface area contributed by atoms with Gasteiger partial charge in [0.2, 0.25) is 0 Å². The Balaban J connectivity index is 2.28. The topological polar surface area (TPSA) is 71.3 Å². The van der Waals surface area contributed by atoms with Crippen LogP contribution in [0.1, 0.15) is 29.7 Å². The van der Waals surface area contributed by atoms with Gasteiger partial charge in [-0.3, -0.25) is 4.79 Å². The van der Waals surface area contributed by atoms with E-state index in [4.69, 9.17) is 14.7 Å². The zero-order chi connectivity index (χ0) is 17.5. The molecule has 0 radical (unpaired) electrons. The predicted molar refractivity (Wildman–Crippen MR) is 91.9 cm³/mol. The zero-order valence-electron chi connectivity index (χ0n) is 14.0. The van der Waals surface area contributed by atoms with Gasteiger partial charge in [-0.2, -0.15) is 5.26 Å². The van der Waals surface area contributed by atoms with Gasteiger partial charge in [-0.25, -0.2) is 0 Å². The number of nitrogens with one attached hydrogen (secondary N) is 1. The van der Waals surface area contributed by atoms with Crippen molar-refractivity contribution in [3.05, 3.63) is 59.2 Å². The van der Waals surface area contributed by atoms with Crippen LogP contribution in [0, 0.1) is 18.3 Å². The number of benzene rings is 2. The number of hydrogen-bond acceptors (Lipinski definition) is 5. The number of anilines is 1. The number of aryl methyl sites for hydroxylation is 1. The van der Waals surface area contributed by atoms with Crippen molar-refractivity contribution in [2.24, 2.45) is 0 Å². The van der Waals surface area contributed by atoms with Gasteiger partial charge in [-0.15, -0.1) is 0 Å². The lowest BCUT2D eigenvalue weighted by Gasteiger charge is -2.21. The maximum Gasteiger partial charge on any atom is 0.302 e. The van der Waals surface area contributed by atoms with Crippen LogP contribution in [0.4, 0.5) is 5.69 Å². The number of hydrogen-bond donors (Lipinski definition) is 1. The molecule has 0 heterocycles. The van der Waals surface area contributed by atoms with Gasteiger partial charge in [0.1, 0.15) is 12.4 Å². The van der Waals surface area contributed by atoms with Gasteiger partial charge in [-0.05, 0) is 54.4 Å². The summed E-state index contributed by atoms with van der Waals surface area (Å²) in [4.78, 5) is 11.2. The Hall–Kier alpha value is -3.00. The summed E-state index contributed by atoms with van der Waals surface area (Å²) in [7, 11) is 1.62. The first-order valence-corrected chi connectivity index (χ1v) is 7.57. The Morgan fingerprint density at radius 1 is 1.25 bits per heavy atom. The summed E-state index contributed by atoms with van der Waals surface area (Å²) in [5.41, 5.74) is 3.44. The van der Waals surface area contributed by atoms with E-state index in [1.54, 1.807) is 19.2 Å². The third-order valence-corrected chi connectivity index (χ3v) is 3.52. The molecule has 0 bridgehead atoms. The molecule has 1 atom stereocenters. The highest BCUT2D eigenvalue weighted by Gasteiger charge is 2.15. The van der Waals surface area contributed by atoms with Gasteiger partial charge in [0.05, 0.1) is 24.8 Å². The summed E-state index contributed by atoms with van der Waals surface area (Å²) in [6.07, 6.45) is 0. The molecule has 0 amide bonds. The summed E-state index contributed by atoms with van der Waals surface area (Å²) < 4.78 is 10.5. The van der Waals surface area contributed by atoms with Crippen molar-refractivity contribution in [1.82, 2.24) is 0 Å². The van der Waals surface area contributed by atoms with Crippen molar-refractivity contribution in [3.63, 3.8) is 0 Å². The SMILES string of the molecule is COc1cc(C)cc(C(COC(C)=O)Nc2ccc(C#N)cc2)c1. The number of carbonyl (C=O) groups is 1. The van der Waals surface area contributed by atoms with Crippen LogP contribution in [-0.4, -0.2) is 19.7 Å². The lowest BCUT2D eigenvalue weighted by atomic mass is 10.0. The summed E-state index contributed by atoms with van der Waals surface area (Å²) >= 11 is 0. The van der Waals surface area contributed by atoms with Crippen LogP contribution in [0.3, 0.4) is 0 Å². The summed E-state index contributed by atoms with van der Waals surface area (Å²) in [5.74, 6) is 0.417. The molecule has 0 aliphatic heterocycles. The maximum atomic E-state index is 11.2. The fraction of sp³-hybridized carbons (Fsp3) is 0.263. The summed E-state index contributed by atoms with van der Waals surface area (Å²) in [5, 5.41) is 12.2. The Bertz CT molecular complexity index is 748. The molecule has 2 aromatic carbocycles. The highest BCUT2D eigenvalue weighted by molar-refractivity contribution is 5.66. The molecule has 1 N–H and O–H groups in total. The summed E-state index contributed by atoms with van der Waals surface area (Å²) in [6, 6.07) is 14.9. The minimum atomic E-state index is -0.332. The molecule has 124 valence electrons. The van der Waals surface area contributed by atoms with E-state index >= 15 is 0 Å². The van der Waals surface area contributed by atoms with Crippen LogP contribution in [0.5, 0.6) is 5.75 Å². The van der Waals surface area contributed by atoms with Crippen molar-refractivity contribution in [1.29, 1.82) is 5.26 Å². The normalized spacial score (nSPS) is 11.2. The highest BCUT2D eigenvalue weighted by atomic mass is 16.5. The van der Waals surface area contributed by atoms with Gasteiger partial charge in [0.15, 0.2) is 0 Å². The van der Waals surface area contributed by atoms with Crippen molar-refractivity contribution < 1.29 is 14.3 Å². The number of esters is 1. The molecule has 0 aliphatic rings. The molecule has 5 nitrogen and oxygen atoms in total. The quantitative estimate of drug-likeness (QED) is 0.822. The van der Waals surface area contributed by atoms with Gasteiger partial charge < -0.3 is 14.8 Å². The van der Waals surface area contributed by atoms with E-state index in [-0.39, 0.29) is 18.6 Å². The number of ether oxygens (including phenoxy) is 2. The molecule has 0 saturated heterocycles. The number of methoxy groups -OCH3 is 1. The zero-order valence-corrected chi connectivity index (χ0v) is 14.0. The van der Waals surface area contributed by atoms with Crippen molar-refractivity contribution in [2.75, 3.05) is 19.0 Å². The number of nitriles is 1. The standard InChI is InChI=1S/C19H20N2O3/c1-13-8-16(10-18(9-13)23-3)19(12-24-14(2)22)21-17-6-4-15(11-20)5-7-17/h4-10,19,21H,12H2,1-3H3. The maximum absolute atomic E-state index is 11.2. The molecule has 0 saturated carbocycles. The molecule has 2 rings (SSSR count). The molecule has 1 unspecified atom stereocenters. The molecule has 5 heteroatoms. The Morgan fingerprint density at radius 3 is 2.54 bits per heavy atom. The number of carbonyl (C=O) groups excluding carboxylic acids is 1. The largest absolute Gasteiger partial charge is 0.497 e. The van der Waals surface area contributed by atoms with Crippen LogP contribution in [0.15, 0.2) is 42.5 Å². The minimum Gasteiger partial charge on any atom is -0.497 e. The average Bonchev–Trinajstić information content (AvgIpc) is 2.58. The van der Waals surface area contributed by atoms with E-state index in [2.05, 4.69) is 11.4 Å². The van der Waals surface area contributed by atoms with Crippen molar-refractivity contribution in [3.8, 4) is 11.8 Å². The van der Waals surface area contributed by atoms with E-state index < -0.39 is 0 Å². The van der Waals surface area contributed by atoms with E-state index in [0.717, 1.165) is 22.6 Å². The number of rotatable bonds is 6. The fourth-order valence-corrected chi connectivity index (χ4v) is 2.36. The smallest absolute Gasteiger partial charge is 0.302 e. The molecular formula is C19H20N2O3. The molecule has 0 aromatic heterocycles. The Morgan fingerprint density at radius 2 is 1.96 bits per heavy atom. The van der Waals surface area contributed by atoms with Crippen LogP contribution >= 0.6 is 0 Å². The first-order valence-electron chi connectivity index (χ1n) is 7.57. The second kappa shape index (κ2) is 8.02. The van der Waals surface area contributed by atoms with Crippen LogP contribution in [-0.2, 0) is 9.53 Å². The molecular weight excluding hydrogens is 304 g/mol. The van der Waals surface area contributed by atoms with Gasteiger partial charge >= 0.3 is 5.97 Å². The molecule has 2 aromatic rings. The third-order valence-electron chi connectivity index (χ3n) is 3.52. The molecule has 0 spiro atoms. The first-order chi connectivity index (χ1) is 11.5. The monoisotopic (exact) mass is 324 g/mol. The first kappa shape index (κ1) is 17.4. The van der Waals surface area contributed by atoms with E-state index in [0.29, 0.717) is 5.56 Å².